The van der Waals surface area contributed by atoms with Gasteiger partial charge in [-0.2, -0.15) is 0 Å². The standard InChI is InChI=1S/C21H26ClN3O3.ClH/c1-13-10-17(22)11-16(19(13)26)12-24-20(27)14(2)25-21(28)18(23)9-8-15-6-4-3-5-7-15;/h3-7,10-11,14,18,26H,8-9,12,23H2,1-2H3,(H,24,27)(H,25,28);1H. The Labute approximate surface area is 182 Å². The van der Waals surface area contributed by atoms with E-state index in [0.29, 0.717) is 29.0 Å². The van der Waals surface area contributed by atoms with Crippen LogP contribution in [0.2, 0.25) is 5.02 Å². The Bertz CT molecular complexity index is 831. The predicted molar refractivity (Wildman–Crippen MR) is 117 cm³/mol. The molecule has 5 N–H and O–H groups in total. The number of hydrogen-bond acceptors (Lipinski definition) is 4. The van der Waals surface area contributed by atoms with Gasteiger partial charge >= 0.3 is 0 Å². The van der Waals surface area contributed by atoms with Crippen molar-refractivity contribution in [2.45, 2.75) is 45.3 Å². The van der Waals surface area contributed by atoms with Crippen molar-refractivity contribution in [3.63, 3.8) is 0 Å². The van der Waals surface area contributed by atoms with E-state index < -0.39 is 12.1 Å². The van der Waals surface area contributed by atoms with Gasteiger partial charge in [0.2, 0.25) is 11.8 Å². The molecule has 2 unspecified atom stereocenters. The number of phenolic OH excluding ortho intramolecular Hbond substituents is 1. The second kappa shape index (κ2) is 11.7. The number of rotatable bonds is 8. The van der Waals surface area contributed by atoms with Crippen molar-refractivity contribution in [2.75, 3.05) is 0 Å². The molecule has 158 valence electrons. The van der Waals surface area contributed by atoms with Crippen LogP contribution in [-0.2, 0) is 22.6 Å². The minimum Gasteiger partial charge on any atom is -0.507 e. The first-order valence-electron chi connectivity index (χ1n) is 9.13. The smallest absolute Gasteiger partial charge is 0.242 e. The van der Waals surface area contributed by atoms with Gasteiger partial charge in [0.15, 0.2) is 0 Å². The lowest BCUT2D eigenvalue weighted by molar-refractivity contribution is -0.129. The fourth-order valence-corrected chi connectivity index (χ4v) is 3.05. The van der Waals surface area contributed by atoms with Gasteiger partial charge in [-0.15, -0.1) is 12.4 Å². The zero-order valence-electron chi connectivity index (χ0n) is 16.4. The topological polar surface area (TPSA) is 104 Å². The van der Waals surface area contributed by atoms with E-state index in [1.807, 2.05) is 30.3 Å². The van der Waals surface area contributed by atoms with Gasteiger partial charge in [-0.25, -0.2) is 0 Å². The minimum absolute atomic E-state index is 0. The maximum atomic E-state index is 12.3. The second-order valence-corrected chi connectivity index (χ2v) is 7.25. The number of carbonyl (C=O) groups is 2. The maximum Gasteiger partial charge on any atom is 0.242 e. The van der Waals surface area contributed by atoms with Crippen LogP contribution in [0.4, 0.5) is 0 Å². The molecular formula is C21H27Cl2N3O3. The van der Waals surface area contributed by atoms with Crippen LogP contribution in [0.3, 0.4) is 0 Å². The van der Waals surface area contributed by atoms with Crippen molar-refractivity contribution in [3.8, 4) is 5.75 Å². The van der Waals surface area contributed by atoms with E-state index in [9.17, 15) is 14.7 Å². The van der Waals surface area contributed by atoms with Gasteiger partial charge in [0, 0.05) is 17.1 Å². The van der Waals surface area contributed by atoms with Crippen LogP contribution < -0.4 is 16.4 Å². The molecule has 2 rings (SSSR count). The Morgan fingerprint density at radius 1 is 1.17 bits per heavy atom. The van der Waals surface area contributed by atoms with Crippen molar-refractivity contribution in [1.82, 2.24) is 10.6 Å². The molecule has 0 bridgehead atoms. The van der Waals surface area contributed by atoms with Crippen molar-refractivity contribution >= 4 is 35.8 Å². The molecule has 0 saturated carbocycles. The molecule has 0 heterocycles. The van der Waals surface area contributed by atoms with Crippen molar-refractivity contribution in [1.29, 1.82) is 0 Å². The summed E-state index contributed by atoms with van der Waals surface area (Å²) >= 11 is 5.98. The van der Waals surface area contributed by atoms with Gasteiger partial charge in [0.1, 0.15) is 11.8 Å². The van der Waals surface area contributed by atoms with Crippen molar-refractivity contribution < 1.29 is 14.7 Å². The number of phenols is 1. The van der Waals surface area contributed by atoms with E-state index in [0.717, 1.165) is 5.56 Å². The summed E-state index contributed by atoms with van der Waals surface area (Å²) in [5.74, 6) is -0.662. The molecular weight excluding hydrogens is 413 g/mol. The number of hydrogen-bond donors (Lipinski definition) is 4. The van der Waals surface area contributed by atoms with E-state index in [-0.39, 0.29) is 36.5 Å². The van der Waals surface area contributed by atoms with Crippen LogP contribution in [0.1, 0.15) is 30.0 Å². The summed E-state index contributed by atoms with van der Waals surface area (Å²) in [7, 11) is 0. The van der Waals surface area contributed by atoms with Gasteiger partial charge in [0.25, 0.3) is 0 Å². The van der Waals surface area contributed by atoms with Crippen LogP contribution in [0.5, 0.6) is 5.75 Å². The van der Waals surface area contributed by atoms with Gasteiger partial charge in [-0.05, 0) is 49.9 Å². The van der Waals surface area contributed by atoms with Gasteiger partial charge in [-0.1, -0.05) is 41.9 Å². The summed E-state index contributed by atoms with van der Waals surface area (Å²) < 4.78 is 0. The van der Waals surface area contributed by atoms with Crippen LogP contribution in [0.25, 0.3) is 0 Å². The monoisotopic (exact) mass is 439 g/mol. The molecule has 29 heavy (non-hydrogen) atoms. The van der Waals surface area contributed by atoms with E-state index in [1.165, 1.54) is 0 Å². The number of nitrogens with two attached hydrogens (primary N) is 1. The molecule has 2 atom stereocenters. The summed E-state index contributed by atoms with van der Waals surface area (Å²) in [6.45, 7) is 3.42. The Balaban J connectivity index is 0.00000420. The van der Waals surface area contributed by atoms with Crippen LogP contribution in [-0.4, -0.2) is 29.0 Å². The molecule has 8 heteroatoms. The molecule has 2 aromatic rings. The third-order valence-corrected chi connectivity index (χ3v) is 4.69. The molecule has 2 aromatic carbocycles. The first kappa shape index (κ1) is 24.8. The maximum absolute atomic E-state index is 12.3. The van der Waals surface area contributed by atoms with Gasteiger partial charge in [-0.3, -0.25) is 9.59 Å². The molecule has 0 radical (unpaired) electrons. The van der Waals surface area contributed by atoms with Crippen LogP contribution >= 0.6 is 24.0 Å². The summed E-state index contributed by atoms with van der Waals surface area (Å²) in [6, 6.07) is 11.5. The molecule has 6 nitrogen and oxygen atoms in total. The normalized spacial score (nSPS) is 12.4. The summed E-state index contributed by atoms with van der Waals surface area (Å²) in [4.78, 5) is 24.5. The zero-order chi connectivity index (χ0) is 20.7. The molecule has 0 spiro atoms. The zero-order valence-corrected chi connectivity index (χ0v) is 18.0. The van der Waals surface area contributed by atoms with E-state index >= 15 is 0 Å². The largest absolute Gasteiger partial charge is 0.507 e. The highest BCUT2D eigenvalue weighted by Gasteiger charge is 2.20. The summed E-state index contributed by atoms with van der Waals surface area (Å²) in [5, 5.41) is 15.8. The molecule has 0 fully saturated rings. The van der Waals surface area contributed by atoms with E-state index in [2.05, 4.69) is 10.6 Å². The second-order valence-electron chi connectivity index (χ2n) is 6.81. The van der Waals surface area contributed by atoms with Crippen molar-refractivity contribution in [3.05, 3.63) is 64.2 Å². The Morgan fingerprint density at radius 2 is 1.83 bits per heavy atom. The Kier molecular flexibility index (Phi) is 9.95. The third-order valence-electron chi connectivity index (χ3n) is 4.47. The summed E-state index contributed by atoms with van der Waals surface area (Å²) in [5.41, 5.74) is 8.18. The third kappa shape index (κ3) is 7.57. The quantitative estimate of drug-likeness (QED) is 0.507. The highest BCUT2D eigenvalue weighted by Crippen LogP contribution is 2.26. The Morgan fingerprint density at radius 3 is 2.48 bits per heavy atom. The fourth-order valence-electron chi connectivity index (χ4n) is 2.76. The molecule has 0 aromatic heterocycles. The van der Waals surface area contributed by atoms with Crippen LogP contribution in [0, 0.1) is 6.92 Å². The van der Waals surface area contributed by atoms with Crippen LogP contribution in [0.15, 0.2) is 42.5 Å². The average molecular weight is 440 g/mol. The first-order valence-corrected chi connectivity index (χ1v) is 9.51. The van der Waals surface area contributed by atoms with E-state index in [1.54, 1.807) is 26.0 Å². The minimum atomic E-state index is -0.752. The fraction of sp³-hybridized carbons (Fsp3) is 0.333. The highest BCUT2D eigenvalue weighted by molar-refractivity contribution is 6.30. The predicted octanol–water partition coefficient (Wildman–Crippen LogP) is 2.86. The molecule has 0 saturated heterocycles. The van der Waals surface area contributed by atoms with E-state index in [4.69, 9.17) is 17.3 Å². The number of nitrogens with one attached hydrogen (secondary N) is 2. The SMILES string of the molecule is Cc1cc(Cl)cc(CNC(=O)C(C)NC(=O)C(N)CCc2ccccc2)c1O.Cl. The molecule has 0 aliphatic rings. The lowest BCUT2D eigenvalue weighted by Crippen LogP contribution is -2.50. The lowest BCUT2D eigenvalue weighted by atomic mass is 10.1. The molecule has 2 amide bonds. The van der Waals surface area contributed by atoms with Crippen molar-refractivity contribution in [2.24, 2.45) is 5.73 Å². The summed E-state index contributed by atoms with van der Waals surface area (Å²) in [6.07, 6.45) is 1.17. The van der Waals surface area contributed by atoms with Gasteiger partial charge in [0.05, 0.1) is 6.04 Å². The van der Waals surface area contributed by atoms with Gasteiger partial charge < -0.3 is 21.5 Å². The highest BCUT2D eigenvalue weighted by atomic mass is 35.5. The number of benzene rings is 2. The first-order chi connectivity index (χ1) is 13.3. The molecule has 0 aliphatic carbocycles. The number of halogens is 2. The Hall–Kier alpha value is -2.28. The lowest BCUT2D eigenvalue weighted by Gasteiger charge is -2.18. The number of amides is 2. The average Bonchev–Trinajstić information content (AvgIpc) is 2.68. The molecule has 0 aliphatic heterocycles. The number of aryl methyl sites for hydroxylation is 2. The number of carbonyl (C=O) groups excluding carboxylic acids is 2. The number of aromatic hydroxyl groups is 1.